The second kappa shape index (κ2) is 8.07. The SMILES string of the molecule is COc1ccc(NC(=O)C23CC4CC(CC(C4)C2)C3)cc1NC(=O)c1ccc(Cl)cc1F. The Morgan fingerprint density at radius 2 is 1.66 bits per heavy atom. The van der Waals surface area contributed by atoms with Gasteiger partial charge in [0.1, 0.15) is 11.6 Å². The van der Waals surface area contributed by atoms with Crippen LogP contribution < -0.4 is 15.4 Å². The smallest absolute Gasteiger partial charge is 0.258 e. The van der Waals surface area contributed by atoms with Crippen LogP contribution in [-0.4, -0.2) is 18.9 Å². The highest BCUT2D eigenvalue weighted by Gasteiger charge is 2.54. The molecular weight excluding hydrogens is 431 g/mol. The molecule has 0 aliphatic heterocycles. The Labute approximate surface area is 191 Å². The van der Waals surface area contributed by atoms with Gasteiger partial charge in [0.2, 0.25) is 5.91 Å². The maximum absolute atomic E-state index is 14.2. The van der Waals surface area contributed by atoms with Crippen molar-refractivity contribution in [3.05, 3.63) is 52.8 Å². The van der Waals surface area contributed by atoms with Gasteiger partial charge in [-0.05, 0) is 92.7 Å². The first-order chi connectivity index (χ1) is 15.3. The molecule has 0 atom stereocenters. The van der Waals surface area contributed by atoms with E-state index in [9.17, 15) is 14.0 Å². The minimum Gasteiger partial charge on any atom is -0.495 e. The number of anilines is 2. The van der Waals surface area contributed by atoms with E-state index < -0.39 is 11.7 Å². The van der Waals surface area contributed by atoms with Crippen LogP contribution in [0.2, 0.25) is 5.02 Å². The molecule has 32 heavy (non-hydrogen) atoms. The fourth-order valence-corrected chi connectivity index (χ4v) is 6.56. The van der Waals surface area contributed by atoms with Gasteiger partial charge in [0.15, 0.2) is 0 Å². The molecule has 2 amide bonds. The van der Waals surface area contributed by atoms with E-state index in [0.29, 0.717) is 34.9 Å². The van der Waals surface area contributed by atoms with Crippen LogP contribution in [0.15, 0.2) is 36.4 Å². The highest BCUT2D eigenvalue weighted by molar-refractivity contribution is 6.30. The predicted molar refractivity (Wildman–Crippen MR) is 122 cm³/mol. The maximum atomic E-state index is 14.2. The molecule has 0 aromatic heterocycles. The van der Waals surface area contributed by atoms with E-state index in [2.05, 4.69) is 10.6 Å². The molecule has 2 aromatic rings. The quantitative estimate of drug-likeness (QED) is 0.589. The van der Waals surface area contributed by atoms with Gasteiger partial charge in [-0.1, -0.05) is 11.6 Å². The van der Waals surface area contributed by atoms with Crippen LogP contribution in [0, 0.1) is 29.0 Å². The van der Waals surface area contributed by atoms with E-state index in [-0.39, 0.29) is 21.9 Å². The zero-order valence-electron chi connectivity index (χ0n) is 17.9. The number of rotatable bonds is 5. The lowest BCUT2D eigenvalue weighted by Gasteiger charge is -2.55. The molecule has 4 aliphatic carbocycles. The third kappa shape index (κ3) is 3.85. The van der Waals surface area contributed by atoms with Crippen LogP contribution in [0.25, 0.3) is 0 Å². The van der Waals surface area contributed by atoms with E-state index in [0.717, 1.165) is 25.3 Å². The van der Waals surface area contributed by atoms with Gasteiger partial charge in [-0.25, -0.2) is 4.39 Å². The lowest BCUT2D eigenvalue weighted by Crippen LogP contribution is -2.51. The molecule has 4 bridgehead atoms. The Balaban J connectivity index is 1.35. The summed E-state index contributed by atoms with van der Waals surface area (Å²) in [4.78, 5) is 26.0. The first kappa shape index (κ1) is 21.3. The second-order valence-electron chi connectivity index (χ2n) is 9.65. The van der Waals surface area contributed by atoms with E-state index in [4.69, 9.17) is 16.3 Å². The Kier molecular flexibility index (Phi) is 5.36. The average molecular weight is 457 g/mol. The zero-order chi connectivity index (χ0) is 22.5. The Morgan fingerprint density at radius 1 is 1.00 bits per heavy atom. The summed E-state index contributed by atoms with van der Waals surface area (Å²) in [6.07, 6.45) is 6.73. The minimum absolute atomic E-state index is 0.0720. The summed E-state index contributed by atoms with van der Waals surface area (Å²) in [5, 5.41) is 5.99. The fourth-order valence-electron chi connectivity index (χ4n) is 6.40. The van der Waals surface area contributed by atoms with Crippen molar-refractivity contribution in [1.29, 1.82) is 0 Å². The number of hydrogen-bond acceptors (Lipinski definition) is 3. The van der Waals surface area contributed by atoms with Gasteiger partial charge >= 0.3 is 0 Å². The molecule has 2 aromatic carbocycles. The molecule has 5 nitrogen and oxygen atoms in total. The van der Waals surface area contributed by atoms with Crippen molar-refractivity contribution in [2.45, 2.75) is 38.5 Å². The highest BCUT2D eigenvalue weighted by atomic mass is 35.5. The Morgan fingerprint density at radius 3 is 2.25 bits per heavy atom. The number of methoxy groups -OCH3 is 1. The fraction of sp³-hybridized carbons (Fsp3) is 0.440. The molecule has 168 valence electrons. The number of hydrogen-bond donors (Lipinski definition) is 2. The number of benzene rings is 2. The second-order valence-corrected chi connectivity index (χ2v) is 10.1. The molecule has 2 N–H and O–H groups in total. The summed E-state index contributed by atoms with van der Waals surface area (Å²) < 4.78 is 19.5. The van der Waals surface area contributed by atoms with Crippen molar-refractivity contribution < 1.29 is 18.7 Å². The minimum atomic E-state index is -0.708. The topological polar surface area (TPSA) is 67.4 Å². The third-order valence-electron chi connectivity index (χ3n) is 7.40. The van der Waals surface area contributed by atoms with Crippen molar-refractivity contribution in [2.24, 2.45) is 23.2 Å². The van der Waals surface area contributed by atoms with Crippen molar-refractivity contribution >= 4 is 34.8 Å². The van der Waals surface area contributed by atoms with E-state index in [1.54, 1.807) is 18.2 Å². The normalized spacial score (nSPS) is 27.8. The average Bonchev–Trinajstić information content (AvgIpc) is 2.73. The predicted octanol–water partition coefficient (Wildman–Crippen LogP) is 5.89. The summed E-state index contributed by atoms with van der Waals surface area (Å²) in [5.41, 5.74) is 0.540. The van der Waals surface area contributed by atoms with Crippen LogP contribution in [0.4, 0.5) is 15.8 Å². The number of nitrogens with one attached hydrogen (secondary N) is 2. The largest absolute Gasteiger partial charge is 0.495 e. The van der Waals surface area contributed by atoms with Crippen molar-refractivity contribution in [1.82, 2.24) is 0 Å². The van der Waals surface area contributed by atoms with Crippen molar-refractivity contribution in [2.75, 3.05) is 17.7 Å². The monoisotopic (exact) mass is 456 g/mol. The van der Waals surface area contributed by atoms with Crippen LogP contribution in [0.3, 0.4) is 0 Å². The first-order valence-electron chi connectivity index (χ1n) is 11.1. The van der Waals surface area contributed by atoms with Crippen molar-refractivity contribution in [3.63, 3.8) is 0 Å². The van der Waals surface area contributed by atoms with E-state index >= 15 is 0 Å². The highest BCUT2D eigenvalue weighted by Crippen LogP contribution is 2.60. The van der Waals surface area contributed by atoms with Crippen LogP contribution in [0.1, 0.15) is 48.9 Å². The summed E-state index contributed by atoms with van der Waals surface area (Å²) in [6, 6.07) is 8.98. The zero-order valence-corrected chi connectivity index (χ0v) is 18.7. The van der Waals surface area contributed by atoms with Gasteiger partial charge in [0, 0.05) is 10.7 Å². The molecular formula is C25H26ClFN2O3. The van der Waals surface area contributed by atoms with Crippen LogP contribution >= 0.6 is 11.6 Å². The molecule has 4 fully saturated rings. The number of halogens is 2. The van der Waals surface area contributed by atoms with Gasteiger partial charge < -0.3 is 15.4 Å². The maximum Gasteiger partial charge on any atom is 0.258 e. The van der Waals surface area contributed by atoms with Crippen LogP contribution in [0.5, 0.6) is 5.75 Å². The van der Waals surface area contributed by atoms with Gasteiger partial charge in [0.05, 0.1) is 23.8 Å². The molecule has 6 rings (SSSR count). The lowest BCUT2D eigenvalue weighted by molar-refractivity contribution is -0.140. The number of carbonyl (C=O) groups is 2. The summed E-state index contributed by atoms with van der Waals surface area (Å²) >= 11 is 5.78. The molecule has 0 heterocycles. The summed E-state index contributed by atoms with van der Waals surface area (Å²) in [5.74, 6) is 1.18. The number of ether oxygens (including phenoxy) is 1. The molecule has 0 saturated heterocycles. The summed E-state index contributed by atoms with van der Waals surface area (Å²) in [6.45, 7) is 0. The number of carbonyl (C=O) groups excluding carboxylic acids is 2. The van der Waals surface area contributed by atoms with E-state index in [1.165, 1.54) is 38.5 Å². The molecule has 4 aliphatic rings. The van der Waals surface area contributed by atoms with Crippen LogP contribution in [-0.2, 0) is 4.79 Å². The summed E-state index contributed by atoms with van der Waals surface area (Å²) in [7, 11) is 1.49. The standard InChI is InChI=1S/C25H26ClFN2O3/c1-32-22-5-3-18(10-21(22)29-23(30)19-4-2-17(26)9-20(19)27)28-24(31)25-11-14-6-15(12-25)8-16(7-14)13-25/h2-5,9-10,14-16H,6-8,11-13H2,1H3,(H,28,31)(H,29,30). The molecule has 4 saturated carbocycles. The molecule has 7 heteroatoms. The molecule has 0 unspecified atom stereocenters. The number of amides is 2. The van der Waals surface area contributed by atoms with E-state index in [1.807, 2.05) is 0 Å². The van der Waals surface area contributed by atoms with Crippen molar-refractivity contribution in [3.8, 4) is 5.75 Å². The van der Waals surface area contributed by atoms with Gasteiger partial charge in [-0.3, -0.25) is 9.59 Å². The van der Waals surface area contributed by atoms with Gasteiger partial charge in [0.25, 0.3) is 5.91 Å². The van der Waals surface area contributed by atoms with Gasteiger partial charge in [-0.2, -0.15) is 0 Å². The third-order valence-corrected chi connectivity index (χ3v) is 7.64. The van der Waals surface area contributed by atoms with Gasteiger partial charge in [-0.15, -0.1) is 0 Å². The molecule has 0 radical (unpaired) electrons. The Hall–Kier alpha value is -2.60. The molecule has 0 spiro atoms. The Bertz CT molecular complexity index is 1050. The lowest BCUT2D eigenvalue weighted by atomic mass is 9.49. The first-order valence-corrected chi connectivity index (χ1v) is 11.5.